The van der Waals surface area contributed by atoms with Crippen LogP contribution in [0.1, 0.15) is 38.2 Å². The summed E-state index contributed by atoms with van der Waals surface area (Å²) in [7, 11) is -3.26. The van der Waals surface area contributed by atoms with Gasteiger partial charge in [-0.3, -0.25) is 0 Å². The Morgan fingerprint density at radius 2 is 2.00 bits per heavy atom. The standard InChI is InChI=1S/C15H22ClNO2S/c1-2-11-7-8-14(17)15(9-11)20(18,19)10-12-5-3-4-6-13(12)16/h3-6,11,14-15H,2,7-10,17H2,1H3. The summed E-state index contributed by atoms with van der Waals surface area (Å²) in [5, 5.41) is 0.0740. The van der Waals surface area contributed by atoms with Gasteiger partial charge in [0.25, 0.3) is 0 Å². The lowest BCUT2D eigenvalue weighted by atomic mass is 9.84. The van der Waals surface area contributed by atoms with E-state index in [0.717, 1.165) is 19.3 Å². The predicted octanol–water partition coefficient (Wildman–Crippen LogP) is 3.16. The summed E-state index contributed by atoms with van der Waals surface area (Å²) in [6.07, 6.45) is 3.54. The monoisotopic (exact) mass is 315 g/mol. The van der Waals surface area contributed by atoms with Crippen molar-refractivity contribution in [2.24, 2.45) is 11.7 Å². The highest BCUT2D eigenvalue weighted by molar-refractivity contribution is 7.91. The van der Waals surface area contributed by atoms with Crippen molar-refractivity contribution in [2.45, 2.75) is 49.7 Å². The molecule has 0 aromatic heterocycles. The van der Waals surface area contributed by atoms with Gasteiger partial charge < -0.3 is 5.73 Å². The molecule has 1 aliphatic rings. The molecule has 3 unspecified atom stereocenters. The van der Waals surface area contributed by atoms with E-state index in [4.69, 9.17) is 17.3 Å². The molecule has 0 radical (unpaired) electrons. The van der Waals surface area contributed by atoms with Crippen LogP contribution < -0.4 is 5.73 Å². The van der Waals surface area contributed by atoms with Gasteiger partial charge >= 0.3 is 0 Å². The third-order valence-electron chi connectivity index (χ3n) is 4.30. The van der Waals surface area contributed by atoms with Gasteiger partial charge in [0, 0.05) is 11.1 Å². The molecule has 0 aliphatic heterocycles. The van der Waals surface area contributed by atoms with Crippen molar-refractivity contribution in [2.75, 3.05) is 0 Å². The first-order chi connectivity index (χ1) is 9.44. The average molecular weight is 316 g/mol. The lowest BCUT2D eigenvalue weighted by Crippen LogP contribution is -2.45. The van der Waals surface area contributed by atoms with Crippen molar-refractivity contribution in [3.8, 4) is 0 Å². The van der Waals surface area contributed by atoms with E-state index in [9.17, 15) is 8.42 Å². The number of sulfone groups is 1. The second-order valence-electron chi connectivity index (χ2n) is 5.69. The number of hydrogen-bond donors (Lipinski definition) is 1. The molecule has 0 heterocycles. The molecule has 112 valence electrons. The molecule has 1 saturated carbocycles. The maximum atomic E-state index is 12.6. The van der Waals surface area contributed by atoms with Gasteiger partial charge in [-0.15, -0.1) is 0 Å². The van der Waals surface area contributed by atoms with E-state index in [1.807, 2.05) is 6.07 Å². The zero-order chi connectivity index (χ0) is 14.8. The van der Waals surface area contributed by atoms with Crippen LogP contribution in [0.2, 0.25) is 5.02 Å². The quantitative estimate of drug-likeness (QED) is 0.928. The van der Waals surface area contributed by atoms with Gasteiger partial charge in [0.2, 0.25) is 0 Å². The Bertz CT molecular complexity index is 559. The summed E-state index contributed by atoms with van der Waals surface area (Å²) in [5.41, 5.74) is 6.73. The van der Waals surface area contributed by atoms with Crippen LogP contribution in [0, 0.1) is 5.92 Å². The van der Waals surface area contributed by atoms with E-state index in [1.165, 1.54) is 0 Å². The van der Waals surface area contributed by atoms with Crippen molar-refractivity contribution in [1.82, 2.24) is 0 Å². The third-order valence-corrected chi connectivity index (χ3v) is 6.85. The molecule has 20 heavy (non-hydrogen) atoms. The lowest BCUT2D eigenvalue weighted by molar-refractivity contribution is 0.319. The summed E-state index contributed by atoms with van der Waals surface area (Å²) in [6.45, 7) is 2.11. The molecule has 0 saturated heterocycles. The predicted molar refractivity (Wildman–Crippen MR) is 83.5 cm³/mol. The van der Waals surface area contributed by atoms with Crippen molar-refractivity contribution < 1.29 is 8.42 Å². The molecule has 3 nitrogen and oxygen atoms in total. The Hall–Kier alpha value is -0.580. The molecule has 2 rings (SSSR count). The molecule has 3 atom stereocenters. The summed E-state index contributed by atoms with van der Waals surface area (Å²) in [6, 6.07) is 6.86. The first-order valence-corrected chi connectivity index (χ1v) is 9.24. The highest BCUT2D eigenvalue weighted by Gasteiger charge is 2.36. The Kier molecular flexibility index (Phi) is 5.10. The van der Waals surface area contributed by atoms with Gasteiger partial charge in [0.1, 0.15) is 0 Å². The van der Waals surface area contributed by atoms with Crippen LogP contribution in [0.4, 0.5) is 0 Å². The Morgan fingerprint density at radius 1 is 1.30 bits per heavy atom. The van der Waals surface area contributed by atoms with E-state index in [2.05, 4.69) is 6.92 Å². The first-order valence-electron chi connectivity index (χ1n) is 7.14. The van der Waals surface area contributed by atoms with Crippen molar-refractivity contribution >= 4 is 21.4 Å². The van der Waals surface area contributed by atoms with Gasteiger partial charge in [-0.2, -0.15) is 0 Å². The van der Waals surface area contributed by atoms with Crippen molar-refractivity contribution in [1.29, 1.82) is 0 Å². The van der Waals surface area contributed by atoms with E-state index in [0.29, 0.717) is 22.9 Å². The summed E-state index contributed by atoms with van der Waals surface area (Å²) in [4.78, 5) is 0. The maximum absolute atomic E-state index is 12.6. The van der Waals surface area contributed by atoms with Crippen molar-refractivity contribution in [3.05, 3.63) is 34.9 Å². The minimum Gasteiger partial charge on any atom is -0.327 e. The van der Waals surface area contributed by atoms with E-state index >= 15 is 0 Å². The number of benzene rings is 1. The molecule has 0 bridgehead atoms. The topological polar surface area (TPSA) is 60.2 Å². The molecule has 0 amide bonds. The molecule has 1 aliphatic carbocycles. The fourth-order valence-corrected chi connectivity index (χ4v) is 5.37. The molecule has 1 aromatic carbocycles. The van der Waals surface area contributed by atoms with Crippen LogP contribution in [0.5, 0.6) is 0 Å². The molecule has 1 fully saturated rings. The van der Waals surface area contributed by atoms with Crippen LogP contribution in [0.3, 0.4) is 0 Å². The second kappa shape index (κ2) is 6.46. The number of rotatable bonds is 4. The molecule has 0 spiro atoms. The van der Waals surface area contributed by atoms with E-state index < -0.39 is 15.1 Å². The Balaban J connectivity index is 2.19. The number of hydrogen-bond acceptors (Lipinski definition) is 3. The molecule has 1 aromatic rings. The van der Waals surface area contributed by atoms with Crippen LogP contribution >= 0.6 is 11.6 Å². The van der Waals surface area contributed by atoms with Crippen LogP contribution in [-0.4, -0.2) is 19.7 Å². The lowest BCUT2D eigenvalue weighted by Gasteiger charge is -2.33. The maximum Gasteiger partial charge on any atom is 0.158 e. The largest absolute Gasteiger partial charge is 0.327 e. The van der Waals surface area contributed by atoms with Crippen LogP contribution in [0.15, 0.2) is 24.3 Å². The SMILES string of the molecule is CCC1CCC(N)C(S(=O)(=O)Cc2ccccc2Cl)C1. The highest BCUT2D eigenvalue weighted by Crippen LogP contribution is 2.32. The number of nitrogens with two attached hydrogens (primary N) is 1. The summed E-state index contributed by atoms with van der Waals surface area (Å²) < 4.78 is 25.3. The minimum atomic E-state index is -3.26. The molecule has 5 heteroatoms. The Morgan fingerprint density at radius 3 is 2.65 bits per heavy atom. The van der Waals surface area contributed by atoms with Gasteiger partial charge in [0.05, 0.1) is 11.0 Å². The molecule has 2 N–H and O–H groups in total. The highest BCUT2D eigenvalue weighted by atomic mass is 35.5. The zero-order valence-corrected chi connectivity index (χ0v) is 13.3. The summed E-state index contributed by atoms with van der Waals surface area (Å²) in [5.74, 6) is 0.461. The van der Waals surface area contributed by atoms with E-state index in [1.54, 1.807) is 18.2 Å². The number of halogens is 1. The third kappa shape index (κ3) is 3.54. The minimum absolute atomic E-state index is 0.0124. The Labute approximate surface area is 126 Å². The molecular weight excluding hydrogens is 294 g/mol. The van der Waals surface area contributed by atoms with Crippen LogP contribution in [-0.2, 0) is 15.6 Å². The van der Waals surface area contributed by atoms with Gasteiger partial charge in [-0.1, -0.05) is 43.1 Å². The van der Waals surface area contributed by atoms with Gasteiger partial charge in [0.15, 0.2) is 9.84 Å². The normalized spacial score (nSPS) is 27.4. The van der Waals surface area contributed by atoms with E-state index in [-0.39, 0.29) is 11.8 Å². The van der Waals surface area contributed by atoms with Crippen molar-refractivity contribution in [3.63, 3.8) is 0 Å². The van der Waals surface area contributed by atoms with Gasteiger partial charge in [-0.25, -0.2) is 8.42 Å². The fraction of sp³-hybridized carbons (Fsp3) is 0.600. The van der Waals surface area contributed by atoms with Gasteiger partial charge in [-0.05, 0) is 36.8 Å². The fourth-order valence-electron chi connectivity index (χ4n) is 2.96. The smallest absolute Gasteiger partial charge is 0.158 e. The molecular formula is C15H22ClNO2S. The average Bonchev–Trinajstić information content (AvgIpc) is 2.41. The first kappa shape index (κ1) is 15.8. The van der Waals surface area contributed by atoms with Crippen LogP contribution in [0.25, 0.3) is 0 Å². The zero-order valence-electron chi connectivity index (χ0n) is 11.8. The summed E-state index contributed by atoms with van der Waals surface area (Å²) >= 11 is 6.07. The second-order valence-corrected chi connectivity index (χ2v) is 8.32.